The Hall–Kier alpha value is -1.21. The molecule has 0 aliphatic rings. The monoisotopic (exact) mass is 307 g/mol. The fourth-order valence-electron chi connectivity index (χ4n) is 1.37. The van der Waals surface area contributed by atoms with Gasteiger partial charge in [0.1, 0.15) is 6.61 Å². The number of halogens is 3. The average molecular weight is 308 g/mol. The van der Waals surface area contributed by atoms with Crippen LogP contribution >= 0.6 is 15.9 Å². The van der Waals surface area contributed by atoms with Gasteiger partial charge in [0.2, 0.25) is 5.89 Å². The van der Waals surface area contributed by atoms with Crippen molar-refractivity contribution < 1.29 is 22.7 Å². The Morgan fingerprint density at radius 1 is 1.47 bits per heavy atom. The molecule has 0 saturated heterocycles. The minimum absolute atomic E-state index is 0.0238. The number of hydrogen-bond acceptors (Lipinski definition) is 4. The predicted octanol–water partition coefficient (Wildman–Crippen LogP) is 3.34. The molecule has 0 radical (unpaired) electrons. The van der Waals surface area contributed by atoms with Gasteiger partial charge in [-0.15, -0.1) is 0 Å². The molecule has 2 rings (SSSR count). The van der Waals surface area contributed by atoms with E-state index in [1.54, 1.807) is 6.07 Å². The Labute approximate surface area is 104 Å². The minimum Gasteiger partial charge on any atom is -0.437 e. The van der Waals surface area contributed by atoms with Gasteiger partial charge in [-0.2, -0.15) is 8.78 Å². The summed E-state index contributed by atoms with van der Waals surface area (Å²) in [7, 11) is 1.49. The number of aromatic nitrogens is 1. The maximum absolute atomic E-state index is 12.2. The van der Waals surface area contributed by atoms with E-state index in [0.717, 1.165) is 0 Å². The third-order valence-electron chi connectivity index (χ3n) is 1.99. The maximum Gasteiger partial charge on any atom is 0.387 e. The van der Waals surface area contributed by atoms with Crippen LogP contribution in [0.25, 0.3) is 11.1 Å². The van der Waals surface area contributed by atoms with Crippen LogP contribution < -0.4 is 4.74 Å². The van der Waals surface area contributed by atoms with E-state index in [2.05, 4.69) is 25.7 Å². The zero-order chi connectivity index (χ0) is 12.4. The quantitative estimate of drug-likeness (QED) is 0.869. The first-order chi connectivity index (χ1) is 8.11. The molecule has 2 aromatic rings. The summed E-state index contributed by atoms with van der Waals surface area (Å²) in [5.74, 6) is 0.276. The predicted molar refractivity (Wildman–Crippen MR) is 59.1 cm³/mol. The van der Waals surface area contributed by atoms with E-state index < -0.39 is 6.61 Å². The van der Waals surface area contributed by atoms with Gasteiger partial charge in [-0.1, -0.05) is 0 Å². The van der Waals surface area contributed by atoms with Crippen LogP contribution in [0.2, 0.25) is 0 Å². The van der Waals surface area contributed by atoms with E-state index >= 15 is 0 Å². The number of ether oxygens (including phenoxy) is 2. The molecule has 92 valence electrons. The fourth-order valence-corrected chi connectivity index (χ4v) is 1.77. The van der Waals surface area contributed by atoms with E-state index in [1.807, 2.05) is 0 Å². The van der Waals surface area contributed by atoms with E-state index in [1.165, 1.54) is 13.2 Å². The molecule has 4 nitrogen and oxygen atoms in total. The summed E-state index contributed by atoms with van der Waals surface area (Å²) in [6.45, 7) is -2.74. The van der Waals surface area contributed by atoms with Crippen LogP contribution in [-0.2, 0) is 11.3 Å². The highest BCUT2D eigenvalue weighted by Crippen LogP contribution is 2.32. The van der Waals surface area contributed by atoms with E-state index in [-0.39, 0.29) is 17.9 Å². The van der Waals surface area contributed by atoms with Crippen LogP contribution in [0, 0.1) is 0 Å². The van der Waals surface area contributed by atoms with Crippen LogP contribution in [0.1, 0.15) is 5.89 Å². The molecule has 0 saturated carbocycles. The number of methoxy groups -OCH3 is 1. The van der Waals surface area contributed by atoms with Gasteiger partial charge in [0, 0.05) is 7.11 Å². The third-order valence-corrected chi connectivity index (χ3v) is 2.61. The number of rotatable bonds is 4. The van der Waals surface area contributed by atoms with E-state index in [4.69, 9.17) is 9.15 Å². The summed E-state index contributed by atoms with van der Waals surface area (Å²) in [4.78, 5) is 4.04. The summed E-state index contributed by atoms with van der Waals surface area (Å²) in [6.07, 6.45) is 0. The lowest BCUT2D eigenvalue weighted by Gasteiger charge is -2.04. The van der Waals surface area contributed by atoms with Gasteiger partial charge in [0.25, 0.3) is 0 Å². The first-order valence-electron chi connectivity index (χ1n) is 4.63. The second-order valence-electron chi connectivity index (χ2n) is 3.14. The minimum atomic E-state index is -2.90. The largest absolute Gasteiger partial charge is 0.437 e. The second kappa shape index (κ2) is 4.97. The van der Waals surface area contributed by atoms with Crippen molar-refractivity contribution in [3.8, 4) is 5.75 Å². The smallest absolute Gasteiger partial charge is 0.387 e. The Kier molecular flexibility index (Phi) is 3.58. The van der Waals surface area contributed by atoms with Crippen LogP contribution in [-0.4, -0.2) is 18.7 Å². The summed E-state index contributed by atoms with van der Waals surface area (Å²) in [6, 6.07) is 2.96. The standard InChI is InChI=1S/C10H8BrF2NO3/c1-15-4-7-14-8-6(16-10(12)13)3-2-5(11)9(8)17-7/h2-3,10H,4H2,1H3. The van der Waals surface area contributed by atoms with Crippen LogP contribution in [0.5, 0.6) is 5.75 Å². The van der Waals surface area contributed by atoms with Gasteiger partial charge < -0.3 is 13.9 Å². The molecule has 0 spiro atoms. The molecule has 0 bridgehead atoms. The molecule has 1 aromatic carbocycles. The number of benzene rings is 1. The first kappa shape index (κ1) is 12.3. The number of alkyl halides is 2. The van der Waals surface area contributed by atoms with Crippen molar-refractivity contribution in [2.75, 3.05) is 7.11 Å². The molecule has 0 amide bonds. The molecule has 0 unspecified atom stereocenters. The van der Waals surface area contributed by atoms with Crippen molar-refractivity contribution >= 4 is 27.0 Å². The first-order valence-corrected chi connectivity index (χ1v) is 5.42. The molecule has 0 atom stereocenters. The zero-order valence-electron chi connectivity index (χ0n) is 8.75. The Bertz CT molecular complexity index is 529. The molecule has 0 fully saturated rings. The van der Waals surface area contributed by atoms with Crippen LogP contribution in [0.3, 0.4) is 0 Å². The van der Waals surface area contributed by atoms with Gasteiger partial charge in [-0.25, -0.2) is 4.98 Å². The summed E-state index contributed by atoms with van der Waals surface area (Å²) in [5, 5.41) is 0. The van der Waals surface area contributed by atoms with Gasteiger partial charge in [-0.3, -0.25) is 0 Å². The summed E-state index contributed by atoms with van der Waals surface area (Å²) >= 11 is 3.24. The SMILES string of the molecule is COCc1nc2c(OC(F)F)ccc(Br)c2o1. The van der Waals surface area contributed by atoms with E-state index in [0.29, 0.717) is 15.9 Å². The normalized spacial score (nSPS) is 11.4. The van der Waals surface area contributed by atoms with Crippen molar-refractivity contribution in [2.24, 2.45) is 0 Å². The summed E-state index contributed by atoms with van der Waals surface area (Å²) < 4.78 is 39.6. The van der Waals surface area contributed by atoms with Crippen molar-refractivity contribution in [2.45, 2.75) is 13.2 Å². The van der Waals surface area contributed by atoms with Crippen LogP contribution in [0.15, 0.2) is 21.0 Å². The Balaban J connectivity index is 2.50. The molecule has 1 aromatic heterocycles. The lowest BCUT2D eigenvalue weighted by Crippen LogP contribution is -2.02. The van der Waals surface area contributed by atoms with Gasteiger partial charge >= 0.3 is 6.61 Å². The second-order valence-corrected chi connectivity index (χ2v) is 4.00. The molecular weight excluding hydrogens is 300 g/mol. The maximum atomic E-state index is 12.2. The molecule has 0 N–H and O–H groups in total. The van der Waals surface area contributed by atoms with Gasteiger partial charge in [0.15, 0.2) is 16.8 Å². The number of oxazole rings is 1. The Morgan fingerprint density at radius 3 is 2.88 bits per heavy atom. The Morgan fingerprint density at radius 2 is 2.24 bits per heavy atom. The average Bonchev–Trinajstić information content (AvgIpc) is 2.67. The topological polar surface area (TPSA) is 44.5 Å². The summed E-state index contributed by atoms with van der Waals surface area (Å²) in [5.41, 5.74) is 0.599. The molecule has 7 heteroatoms. The van der Waals surface area contributed by atoms with Crippen LogP contribution in [0.4, 0.5) is 8.78 Å². The van der Waals surface area contributed by atoms with Crippen molar-refractivity contribution in [1.82, 2.24) is 4.98 Å². The number of nitrogens with zero attached hydrogens (tertiary/aromatic N) is 1. The van der Waals surface area contributed by atoms with E-state index in [9.17, 15) is 8.78 Å². The van der Waals surface area contributed by atoms with Crippen molar-refractivity contribution in [1.29, 1.82) is 0 Å². The highest BCUT2D eigenvalue weighted by Gasteiger charge is 2.16. The third kappa shape index (κ3) is 2.55. The molecule has 0 aliphatic carbocycles. The van der Waals surface area contributed by atoms with Gasteiger partial charge in [0.05, 0.1) is 4.47 Å². The molecule has 1 heterocycles. The molecule has 17 heavy (non-hydrogen) atoms. The fraction of sp³-hybridized carbons (Fsp3) is 0.300. The lowest BCUT2D eigenvalue weighted by atomic mass is 10.3. The molecular formula is C10H8BrF2NO3. The van der Waals surface area contributed by atoms with Gasteiger partial charge in [-0.05, 0) is 28.1 Å². The lowest BCUT2D eigenvalue weighted by molar-refractivity contribution is -0.0489. The highest BCUT2D eigenvalue weighted by molar-refractivity contribution is 9.10. The molecule has 0 aliphatic heterocycles. The number of hydrogen-bond donors (Lipinski definition) is 0. The zero-order valence-corrected chi connectivity index (χ0v) is 10.3. The highest BCUT2D eigenvalue weighted by atomic mass is 79.9. The van der Waals surface area contributed by atoms with Crippen molar-refractivity contribution in [3.63, 3.8) is 0 Å². The van der Waals surface area contributed by atoms with Crippen molar-refractivity contribution in [3.05, 3.63) is 22.5 Å². The number of fused-ring (bicyclic) bond motifs is 1.